The number of carbonyl (C=O) groups excluding carboxylic acids is 1. The van der Waals surface area contributed by atoms with Crippen LogP contribution in [0.3, 0.4) is 0 Å². The van der Waals surface area contributed by atoms with E-state index in [1.54, 1.807) is 56.6 Å². The van der Waals surface area contributed by atoms with Gasteiger partial charge in [-0.2, -0.15) is 0 Å². The number of fused-ring (bicyclic) bond motifs is 1. The normalized spacial score (nSPS) is 12.4. The first-order chi connectivity index (χ1) is 11.7. The Morgan fingerprint density at radius 2 is 2.04 bits per heavy atom. The fourth-order valence-electron chi connectivity index (χ4n) is 2.29. The largest absolute Gasteiger partial charge is 0.496 e. The second-order valence-corrected chi connectivity index (χ2v) is 4.98. The van der Waals surface area contributed by atoms with Crippen LogP contribution in [0.1, 0.15) is 22.8 Å². The molecule has 0 saturated heterocycles. The van der Waals surface area contributed by atoms with Crippen LogP contribution in [-0.2, 0) is 4.74 Å². The number of esters is 1. The van der Waals surface area contributed by atoms with Crippen molar-refractivity contribution in [2.24, 2.45) is 4.99 Å². The lowest BCUT2D eigenvalue weighted by Crippen LogP contribution is -2.03. The van der Waals surface area contributed by atoms with Crippen LogP contribution in [0.15, 0.2) is 41.4 Å². The molecular weight excluding hydrogens is 310 g/mol. The summed E-state index contributed by atoms with van der Waals surface area (Å²) in [6.45, 7) is 2.30. The molecule has 2 aromatic carbocycles. The fourth-order valence-corrected chi connectivity index (χ4v) is 2.29. The molecule has 124 valence electrons. The van der Waals surface area contributed by atoms with Gasteiger partial charge in [0, 0.05) is 17.8 Å². The van der Waals surface area contributed by atoms with Gasteiger partial charge in [-0.25, -0.2) is 4.79 Å². The van der Waals surface area contributed by atoms with Crippen LogP contribution in [-0.4, -0.2) is 32.7 Å². The number of methoxy groups -OCH3 is 1. The van der Waals surface area contributed by atoms with Crippen molar-refractivity contribution in [1.82, 2.24) is 0 Å². The molecule has 0 radical (unpaired) electrons. The van der Waals surface area contributed by atoms with Gasteiger partial charge in [0.2, 0.25) is 6.79 Å². The summed E-state index contributed by atoms with van der Waals surface area (Å²) in [6.07, 6.45) is 1.66. The van der Waals surface area contributed by atoms with Gasteiger partial charge in [-0.15, -0.1) is 0 Å². The number of aliphatic imine (C=N–C) groups is 1. The summed E-state index contributed by atoms with van der Waals surface area (Å²) >= 11 is 0. The number of benzene rings is 2. The number of rotatable bonds is 5. The lowest BCUT2D eigenvalue weighted by Gasteiger charge is -2.06. The third kappa shape index (κ3) is 3.32. The van der Waals surface area contributed by atoms with Gasteiger partial charge in [0.15, 0.2) is 11.5 Å². The Balaban J connectivity index is 1.86. The van der Waals surface area contributed by atoms with E-state index in [1.165, 1.54) is 0 Å². The van der Waals surface area contributed by atoms with Crippen LogP contribution < -0.4 is 14.2 Å². The molecule has 2 aromatic rings. The van der Waals surface area contributed by atoms with Crippen LogP contribution in [0.2, 0.25) is 0 Å². The summed E-state index contributed by atoms with van der Waals surface area (Å²) in [5.74, 6) is 1.56. The van der Waals surface area contributed by atoms with Crippen LogP contribution in [0.4, 0.5) is 5.69 Å². The molecule has 0 saturated carbocycles. The maximum absolute atomic E-state index is 11.8. The van der Waals surface area contributed by atoms with Gasteiger partial charge in [-0.3, -0.25) is 4.99 Å². The highest BCUT2D eigenvalue weighted by Gasteiger charge is 2.17. The molecule has 1 heterocycles. The van der Waals surface area contributed by atoms with Crippen LogP contribution in [0.5, 0.6) is 17.2 Å². The predicted molar refractivity (Wildman–Crippen MR) is 88.8 cm³/mol. The van der Waals surface area contributed by atoms with E-state index < -0.39 is 0 Å². The number of ether oxygens (including phenoxy) is 4. The zero-order valence-electron chi connectivity index (χ0n) is 13.4. The van der Waals surface area contributed by atoms with Crippen molar-refractivity contribution < 1.29 is 23.7 Å². The van der Waals surface area contributed by atoms with Crippen molar-refractivity contribution in [3.8, 4) is 17.2 Å². The average Bonchev–Trinajstić information content (AvgIpc) is 3.06. The van der Waals surface area contributed by atoms with Gasteiger partial charge in [0.05, 0.1) is 25.0 Å². The molecule has 1 aliphatic heterocycles. The van der Waals surface area contributed by atoms with E-state index in [0.29, 0.717) is 35.1 Å². The molecule has 0 amide bonds. The van der Waals surface area contributed by atoms with Gasteiger partial charge in [-0.05, 0) is 31.2 Å². The van der Waals surface area contributed by atoms with E-state index in [4.69, 9.17) is 18.9 Å². The molecule has 6 heteroatoms. The fraction of sp³-hybridized carbons (Fsp3) is 0.222. The van der Waals surface area contributed by atoms with Gasteiger partial charge in [0.1, 0.15) is 5.75 Å². The van der Waals surface area contributed by atoms with Crippen LogP contribution >= 0.6 is 0 Å². The Morgan fingerprint density at radius 3 is 2.79 bits per heavy atom. The Bertz CT molecular complexity index is 785. The van der Waals surface area contributed by atoms with E-state index in [0.717, 1.165) is 5.56 Å². The van der Waals surface area contributed by atoms with Gasteiger partial charge in [0.25, 0.3) is 0 Å². The monoisotopic (exact) mass is 327 g/mol. The molecular formula is C18H17NO5. The highest BCUT2D eigenvalue weighted by atomic mass is 16.7. The molecule has 0 atom stereocenters. The first-order valence-corrected chi connectivity index (χ1v) is 7.50. The Morgan fingerprint density at radius 1 is 1.25 bits per heavy atom. The maximum atomic E-state index is 11.8. The third-order valence-corrected chi connectivity index (χ3v) is 3.43. The summed E-state index contributed by atoms with van der Waals surface area (Å²) in [5, 5.41) is 0. The van der Waals surface area contributed by atoms with E-state index in [2.05, 4.69) is 4.99 Å². The molecule has 0 aliphatic carbocycles. The number of hydrogen-bond acceptors (Lipinski definition) is 6. The predicted octanol–water partition coefficient (Wildman–Crippen LogP) is 3.35. The number of nitrogens with zero attached hydrogens (tertiary/aromatic N) is 1. The Hall–Kier alpha value is -3.02. The molecule has 0 fully saturated rings. The lowest BCUT2D eigenvalue weighted by molar-refractivity contribution is 0.0526. The molecule has 6 nitrogen and oxygen atoms in total. The SMILES string of the molecule is CCOC(=O)c1cccc(N=Cc2cc3c(cc2OC)OCO3)c1. The van der Waals surface area contributed by atoms with Crippen molar-refractivity contribution >= 4 is 17.9 Å². The van der Waals surface area contributed by atoms with Gasteiger partial charge in [-0.1, -0.05) is 6.07 Å². The number of carbonyl (C=O) groups is 1. The Kier molecular flexibility index (Phi) is 4.65. The smallest absolute Gasteiger partial charge is 0.338 e. The van der Waals surface area contributed by atoms with Crippen molar-refractivity contribution in [3.63, 3.8) is 0 Å². The molecule has 1 aliphatic rings. The van der Waals surface area contributed by atoms with Gasteiger partial charge < -0.3 is 18.9 Å². The van der Waals surface area contributed by atoms with Crippen LogP contribution in [0, 0.1) is 0 Å². The Labute approximate surface area is 139 Å². The van der Waals surface area contributed by atoms with E-state index in [-0.39, 0.29) is 12.8 Å². The molecule has 0 unspecified atom stereocenters. The summed E-state index contributed by atoms with van der Waals surface area (Å²) in [7, 11) is 1.58. The van der Waals surface area contributed by atoms with E-state index in [9.17, 15) is 4.79 Å². The lowest BCUT2D eigenvalue weighted by atomic mass is 10.2. The minimum Gasteiger partial charge on any atom is -0.496 e. The summed E-state index contributed by atoms with van der Waals surface area (Å²) in [4.78, 5) is 16.2. The molecule has 0 N–H and O–H groups in total. The quantitative estimate of drug-likeness (QED) is 0.622. The highest BCUT2D eigenvalue weighted by Crippen LogP contribution is 2.37. The first kappa shape index (κ1) is 15.9. The summed E-state index contributed by atoms with van der Waals surface area (Å²) in [5.41, 5.74) is 1.85. The third-order valence-electron chi connectivity index (χ3n) is 3.43. The molecule has 0 spiro atoms. The van der Waals surface area contributed by atoms with E-state index in [1.807, 2.05) is 0 Å². The summed E-state index contributed by atoms with van der Waals surface area (Å²) < 4.78 is 21.0. The molecule has 3 rings (SSSR count). The van der Waals surface area contributed by atoms with Crippen molar-refractivity contribution in [2.75, 3.05) is 20.5 Å². The minimum atomic E-state index is -0.366. The average molecular weight is 327 g/mol. The molecule has 0 aromatic heterocycles. The van der Waals surface area contributed by atoms with Crippen molar-refractivity contribution in [2.45, 2.75) is 6.92 Å². The standard InChI is InChI=1S/C18H17NO5/c1-3-22-18(20)12-5-4-6-14(7-12)19-10-13-8-16-17(24-11-23-16)9-15(13)21-2/h4-10H,3,11H2,1-2H3. The maximum Gasteiger partial charge on any atom is 0.338 e. The zero-order valence-corrected chi connectivity index (χ0v) is 13.4. The number of hydrogen-bond donors (Lipinski definition) is 0. The molecule has 24 heavy (non-hydrogen) atoms. The van der Waals surface area contributed by atoms with Crippen LogP contribution in [0.25, 0.3) is 0 Å². The van der Waals surface area contributed by atoms with Crippen molar-refractivity contribution in [3.05, 3.63) is 47.5 Å². The topological polar surface area (TPSA) is 66.4 Å². The first-order valence-electron chi connectivity index (χ1n) is 7.50. The second-order valence-electron chi connectivity index (χ2n) is 4.98. The van der Waals surface area contributed by atoms with Gasteiger partial charge >= 0.3 is 5.97 Å². The zero-order chi connectivity index (χ0) is 16.9. The summed E-state index contributed by atoms with van der Waals surface area (Å²) in [6, 6.07) is 10.5. The highest BCUT2D eigenvalue weighted by molar-refractivity contribution is 5.91. The molecule has 0 bridgehead atoms. The minimum absolute atomic E-state index is 0.195. The second kappa shape index (κ2) is 7.04. The van der Waals surface area contributed by atoms with Crippen molar-refractivity contribution in [1.29, 1.82) is 0 Å². The van der Waals surface area contributed by atoms with E-state index >= 15 is 0 Å².